The summed E-state index contributed by atoms with van der Waals surface area (Å²) >= 11 is 5.85. The van der Waals surface area contributed by atoms with E-state index in [4.69, 9.17) is 11.6 Å². The molecule has 0 radical (unpaired) electrons. The summed E-state index contributed by atoms with van der Waals surface area (Å²) in [5.41, 5.74) is -0.398. The summed E-state index contributed by atoms with van der Waals surface area (Å²) in [7, 11) is 1.57. The highest BCUT2D eigenvalue weighted by Crippen LogP contribution is 2.36. The number of nitrogens with zero attached hydrogens (tertiary/aromatic N) is 2. The van der Waals surface area contributed by atoms with Crippen molar-refractivity contribution in [3.05, 3.63) is 28.5 Å². The van der Waals surface area contributed by atoms with E-state index in [1.165, 1.54) is 11.0 Å². The lowest BCUT2D eigenvalue weighted by Gasteiger charge is -2.24. The fraction of sp³-hybridized carbons (Fsp3) is 0.357. The standard InChI is InChI=1S/C14H14ClFN2O3/c1-7(2)17(3)10(19)6-18-12-9(16)5-4-8(15)11(12)13(20)14(18)21/h4-5,7H,6H2,1-3H3. The second-order valence-electron chi connectivity index (χ2n) is 5.07. The van der Waals surface area contributed by atoms with Crippen LogP contribution in [0.25, 0.3) is 0 Å². The number of halogens is 2. The number of hydrogen-bond donors (Lipinski definition) is 0. The quantitative estimate of drug-likeness (QED) is 0.801. The van der Waals surface area contributed by atoms with E-state index in [-0.39, 0.29) is 22.3 Å². The molecule has 0 atom stereocenters. The van der Waals surface area contributed by atoms with Crippen LogP contribution in [0.1, 0.15) is 24.2 Å². The molecule has 0 aromatic heterocycles. The van der Waals surface area contributed by atoms with Crippen molar-refractivity contribution in [2.24, 2.45) is 0 Å². The first kappa shape index (κ1) is 15.4. The first-order valence-corrected chi connectivity index (χ1v) is 6.73. The van der Waals surface area contributed by atoms with Crippen molar-refractivity contribution < 1.29 is 18.8 Å². The first-order valence-electron chi connectivity index (χ1n) is 6.35. The third-order valence-electron chi connectivity index (χ3n) is 3.48. The number of Topliss-reactive ketones (excluding diaryl/α,β-unsaturated/α-hetero) is 1. The van der Waals surface area contributed by atoms with Gasteiger partial charge >= 0.3 is 0 Å². The summed E-state index contributed by atoms with van der Waals surface area (Å²) in [5, 5.41) is -0.00286. The summed E-state index contributed by atoms with van der Waals surface area (Å²) in [4.78, 5) is 38.2. The molecule has 0 bridgehead atoms. The van der Waals surface area contributed by atoms with E-state index < -0.39 is 30.0 Å². The van der Waals surface area contributed by atoms with Crippen LogP contribution in [-0.4, -0.2) is 42.1 Å². The maximum Gasteiger partial charge on any atom is 0.300 e. The zero-order valence-corrected chi connectivity index (χ0v) is 12.6. The Kier molecular flexibility index (Phi) is 4.00. The van der Waals surface area contributed by atoms with Crippen molar-refractivity contribution in [3.63, 3.8) is 0 Å². The number of rotatable bonds is 3. The van der Waals surface area contributed by atoms with E-state index in [1.807, 2.05) is 0 Å². The summed E-state index contributed by atoms with van der Waals surface area (Å²) < 4.78 is 13.9. The lowest BCUT2D eigenvalue weighted by molar-refractivity contribution is -0.131. The highest BCUT2D eigenvalue weighted by atomic mass is 35.5. The molecule has 0 N–H and O–H groups in total. The molecule has 0 spiro atoms. The van der Waals surface area contributed by atoms with Gasteiger partial charge in [0.25, 0.3) is 11.7 Å². The maximum atomic E-state index is 13.9. The van der Waals surface area contributed by atoms with Crippen LogP contribution in [0, 0.1) is 5.82 Å². The number of amides is 2. The van der Waals surface area contributed by atoms with Crippen molar-refractivity contribution in [1.82, 2.24) is 4.90 Å². The Balaban J connectivity index is 2.40. The van der Waals surface area contributed by atoms with Crippen LogP contribution in [0.2, 0.25) is 5.02 Å². The van der Waals surface area contributed by atoms with Gasteiger partial charge in [-0.1, -0.05) is 11.6 Å². The molecule has 0 fully saturated rings. The Labute approximate surface area is 126 Å². The first-order chi connectivity index (χ1) is 9.75. The zero-order chi connectivity index (χ0) is 15.9. The minimum atomic E-state index is -0.942. The van der Waals surface area contributed by atoms with Crippen LogP contribution in [-0.2, 0) is 9.59 Å². The highest BCUT2D eigenvalue weighted by molar-refractivity contribution is 6.55. The smallest absolute Gasteiger partial charge is 0.300 e. The number of hydrogen-bond acceptors (Lipinski definition) is 3. The van der Waals surface area contributed by atoms with Crippen molar-refractivity contribution in [1.29, 1.82) is 0 Å². The topological polar surface area (TPSA) is 57.7 Å². The molecule has 7 heteroatoms. The fourth-order valence-corrected chi connectivity index (χ4v) is 2.28. The van der Waals surface area contributed by atoms with Gasteiger partial charge < -0.3 is 4.90 Å². The number of carbonyl (C=O) groups is 3. The average molecular weight is 313 g/mol. The van der Waals surface area contributed by atoms with Crippen LogP contribution >= 0.6 is 11.6 Å². The van der Waals surface area contributed by atoms with E-state index >= 15 is 0 Å². The summed E-state index contributed by atoms with van der Waals surface area (Å²) in [5.74, 6) is -2.98. The molecule has 0 saturated carbocycles. The second kappa shape index (κ2) is 5.44. The fourth-order valence-electron chi connectivity index (χ4n) is 2.04. The lowest BCUT2D eigenvalue weighted by Crippen LogP contribution is -2.43. The molecule has 2 amide bonds. The molecule has 0 saturated heterocycles. The van der Waals surface area contributed by atoms with Gasteiger partial charge in [0.1, 0.15) is 12.4 Å². The molecule has 1 aliphatic rings. The third-order valence-corrected chi connectivity index (χ3v) is 3.79. The monoisotopic (exact) mass is 312 g/mol. The van der Waals surface area contributed by atoms with Gasteiger partial charge in [-0.2, -0.15) is 0 Å². The van der Waals surface area contributed by atoms with Crippen molar-refractivity contribution in [2.75, 3.05) is 18.5 Å². The largest absolute Gasteiger partial charge is 0.342 e. The molecular weight excluding hydrogens is 299 g/mol. The normalized spacial score (nSPS) is 13.9. The van der Waals surface area contributed by atoms with E-state index in [0.717, 1.165) is 11.0 Å². The molecule has 1 aliphatic heterocycles. The molecule has 21 heavy (non-hydrogen) atoms. The lowest BCUT2D eigenvalue weighted by atomic mass is 10.1. The Bertz CT molecular complexity index is 645. The van der Waals surface area contributed by atoms with Crippen molar-refractivity contribution in [2.45, 2.75) is 19.9 Å². The molecule has 1 aromatic carbocycles. The summed E-state index contributed by atoms with van der Waals surface area (Å²) in [6.45, 7) is 3.21. The maximum absolute atomic E-state index is 13.9. The molecule has 2 rings (SSSR count). The molecule has 1 aromatic rings. The van der Waals surface area contributed by atoms with Gasteiger partial charge in [0.05, 0.1) is 16.3 Å². The van der Waals surface area contributed by atoms with E-state index in [0.29, 0.717) is 0 Å². The van der Waals surface area contributed by atoms with Crippen LogP contribution in [0.15, 0.2) is 12.1 Å². The number of benzene rings is 1. The average Bonchev–Trinajstić information content (AvgIpc) is 2.68. The van der Waals surface area contributed by atoms with E-state index in [9.17, 15) is 18.8 Å². The predicted molar refractivity (Wildman–Crippen MR) is 76.0 cm³/mol. The number of carbonyl (C=O) groups excluding carboxylic acids is 3. The Hall–Kier alpha value is -1.95. The van der Waals surface area contributed by atoms with Crippen molar-refractivity contribution >= 4 is 34.9 Å². The molecule has 0 aliphatic carbocycles. The van der Waals surface area contributed by atoms with Crippen LogP contribution in [0.3, 0.4) is 0 Å². The van der Waals surface area contributed by atoms with Gasteiger partial charge in [0.15, 0.2) is 0 Å². The van der Waals surface area contributed by atoms with Gasteiger partial charge in [0.2, 0.25) is 5.91 Å². The number of likely N-dealkylation sites (N-methyl/N-ethyl adjacent to an activating group) is 1. The van der Waals surface area contributed by atoms with Gasteiger partial charge in [0, 0.05) is 13.1 Å². The van der Waals surface area contributed by atoms with Gasteiger partial charge in [-0.25, -0.2) is 4.39 Å². The van der Waals surface area contributed by atoms with Crippen LogP contribution in [0.5, 0.6) is 0 Å². The molecule has 5 nitrogen and oxygen atoms in total. The summed E-state index contributed by atoms with van der Waals surface area (Å²) in [6, 6.07) is 2.21. The van der Waals surface area contributed by atoms with Gasteiger partial charge in [-0.15, -0.1) is 0 Å². The number of ketones is 1. The van der Waals surface area contributed by atoms with Crippen molar-refractivity contribution in [3.8, 4) is 0 Å². The predicted octanol–water partition coefficient (Wildman–Crippen LogP) is 1.88. The van der Waals surface area contributed by atoms with E-state index in [2.05, 4.69) is 0 Å². The third kappa shape index (κ3) is 2.51. The van der Waals surface area contributed by atoms with Crippen LogP contribution < -0.4 is 4.90 Å². The van der Waals surface area contributed by atoms with E-state index in [1.54, 1.807) is 20.9 Å². The molecule has 0 unspecified atom stereocenters. The Morgan fingerprint density at radius 3 is 2.57 bits per heavy atom. The molecular formula is C14H14ClFN2O3. The van der Waals surface area contributed by atoms with Crippen LogP contribution in [0.4, 0.5) is 10.1 Å². The molecule has 112 valence electrons. The Morgan fingerprint density at radius 2 is 2.00 bits per heavy atom. The summed E-state index contributed by atoms with van der Waals surface area (Å²) in [6.07, 6.45) is 0. The second-order valence-corrected chi connectivity index (χ2v) is 5.48. The highest BCUT2D eigenvalue weighted by Gasteiger charge is 2.41. The Morgan fingerprint density at radius 1 is 1.38 bits per heavy atom. The minimum Gasteiger partial charge on any atom is -0.342 e. The van der Waals surface area contributed by atoms with Gasteiger partial charge in [-0.3, -0.25) is 19.3 Å². The number of fused-ring (bicyclic) bond motifs is 1. The van der Waals surface area contributed by atoms with Gasteiger partial charge in [-0.05, 0) is 26.0 Å². The minimum absolute atomic E-state index is 0.00286. The number of anilines is 1. The molecule has 1 heterocycles. The zero-order valence-electron chi connectivity index (χ0n) is 11.8. The SMILES string of the molecule is CC(C)N(C)C(=O)CN1C(=O)C(=O)c2c(Cl)ccc(F)c21.